The van der Waals surface area contributed by atoms with Gasteiger partial charge in [-0.2, -0.15) is 28.1 Å². The summed E-state index contributed by atoms with van der Waals surface area (Å²) in [6, 6.07) is 13.5. The summed E-state index contributed by atoms with van der Waals surface area (Å²) < 4.78 is 53.8. The van der Waals surface area contributed by atoms with Crippen LogP contribution in [0.5, 0.6) is 11.8 Å². The van der Waals surface area contributed by atoms with Crippen molar-refractivity contribution in [2.75, 3.05) is 45.3 Å². The van der Waals surface area contributed by atoms with Crippen molar-refractivity contribution in [3.63, 3.8) is 0 Å². The van der Waals surface area contributed by atoms with Gasteiger partial charge in [0.2, 0.25) is 5.95 Å². The Kier molecular flexibility index (Phi) is 10.3. The zero-order chi connectivity index (χ0) is 30.0. The van der Waals surface area contributed by atoms with Gasteiger partial charge in [-0.25, -0.2) is 4.79 Å². The number of rotatable bonds is 2. The van der Waals surface area contributed by atoms with Crippen LogP contribution in [-0.4, -0.2) is 78.0 Å². The van der Waals surface area contributed by atoms with E-state index in [0.29, 0.717) is 50.4 Å². The van der Waals surface area contributed by atoms with Crippen LogP contribution in [0.15, 0.2) is 48.5 Å². The van der Waals surface area contributed by atoms with Crippen molar-refractivity contribution in [2.45, 2.75) is 32.0 Å². The SMILES string of the molecule is COC(=O)N1CCCNC(=O)c2ccc(cc2)Cc2nc(nc(OCC(F)(F)F)n2)NCc2ccc(cc2)OCCC1. The maximum Gasteiger partial charge on any atom is 0.422 e. The topological polar surface area (TPSA) is 128 Å². The van der Waals surface area contributed by atoms with Gasteiger partial charge in [-0.3, -0.25) is 4.79 Å². The van der Waals surface area contributed by atoms with Crippen molar-refractivity contribution in [2.24, 2.45) is 0 Å². The first-order valence-electron chi connectivity index (χ1n) is 13.3. The number of benzene rings is 2. The van der Waals surface area contributed by atoms with E-state index < -0.39 is 24.9 Å². The van der Waals surface area contributed by atoms with E-state index in [1.807, 2.05) is 12.1 Å². The average molecular weight is 589 g/mol. The first-order chi connectivity index (χ1) is 20.2. The molecule has 0 spiro atoms. The number of anilines is 1. The van der Waals surface area contributed by atoms with Crippen LogP contribution in [0.25, 0.3) is 0 Å². The van der Waals surface area contributed by atoms with Gasteiger partial charge < -0.3 is 29.7 Å². The maximum atomic E-state index is 12.8. The number of hydrogen-bond acceptors (Lipinski definition) is 9. The second-order valence-electron chi connectivity index (χ2n) is 9.40. The van der Waals surface area contributed by atoms with Gasteiger partial charge in [-0.05, 0) is 48.2 Å². The molecule has 7 rings (SSSR count). The van der Waals surface area contributed by atoms with Gasteiger partial charge in [-0.15, -0.1) is 0 Å². The van der Waals surface area contributed by atoms with E-state index >= 15 is 0 Å². The van der Waals surface area contributed by atoms with Crippen LogP contribution < -0.4 is 20.1 Å². The van der Waals surface area contributed by atoms with Crippen LogP contribution in [0.4, 0.5) is 23.9 Å². The van der Waals surface area contributed by atoms with Crippen LogP contribution in [0, 0.1) is 0 Å². The minimum atomic E-state index is -4.56. The zero-order valence-electron chi connectivity index (χ0n) is 22.9. The fourth-order valence-electron chi connectivity index (χ4n) is 4.05. The molecule has 6 bridgehead atoms. The Balaban J connectivity index is 1.54. The van der Waals surface area contributed by atoms with Crippen molar-refractivity contribution < 1.29 is 37.0 Å². The Bertz CT molecular complexity index is 1340. The lowest BCUT2D eigenvalue weighted by Gasteiger charge is -2.21. The number of methoxy groups -OCH3 is 1. The molecule has 0 radical (unpaired) electrons. The molecule has 0 saturated heterocycles. The summed E-state index contributed by atoms with van der Waals surface area (Å²) in [4.78, 5) is 38.7. The van der Waals surface area contributed by atoms with Crippen molar-refractivity contribution in [1.29, 1.82) is 0 Å². The normalized spacial score (nSPS) is 15.1. The molecule has 0 unspecified atom stereocenters. The number of aromatic nitrogens is 3. The number of amides is 2. The first kappa shape index (κ1) is 30.3. The molecule has 4 aliphatic heterocycles. The third-order valence-electron chi connectivity index (χ3n) is 6.14. The molecule has 42 heavy (non-hydrogen) atoms. The third kappa shape index (κ3) is 9.49. The molecule has 11 nitrogen and oxygen atoms in total. The predicted molar refractivity (Wildman–Crippen MR) is 145 cm³/mol. The Morgan fingerprint density at radius 2 is 1.69 bits per heavy atom. The monoisotopic (exact) mass is 588 g/mol. The molecular weight excluding hydrogens is 557 g/mol. The van der Waals surface area contributed by atoms with Crippen molar-refractivity contribution in [3.05, 3.63) is 71.0 Å². The highest BCUT2D eigenvalue weighted by Crippen LogP contribution is 2.19. The Morgan fingerprint density at radius 1 is 0.976 bits per heavy atom. The van der Waals surface area contributed by atoms with Crippen LogP contribution in [-0.2, 0) is 17.7 Å². The fourth-order valence-corrected chi connectivity index (χ4v) is 4.05. The summed E-state index contributed by atoms with van der Waals surface area (Å²) in [5.74, 6) is 0.596. The van der Waals surface area contributed by atoms with E-state index in [1.54, 1.807) is 41.3 Å². The average Bonchev–Trinajstić information content (AvgIpc) is 2.98. The van der Waals surface area contributed by atoms with Gasteiger partial charge in [0.25, 0.3) is 5.91 Å². The fraction of sp³-hybridized carbons (Fsp3) is 0.393. The van der Waals surface area contributed by atoms with E-state index in [0.717, 1.165) is 11.1 Å². The van der Waals surface area contributed by atoms with E-state index in [1.165, 1.54) is 7.11 Å². The molecule has 14 heteroatoms. The molecule has 224 valence electrons. The summed E-state index contributed by atoms with van der Waals surface area (Å²) in [7, 11) is 1.33. The summed E-state index contributed by atoms with van der Waals surface area (Å²) in [6.07, 6.45) is -3.75. The highest BCUT2D eigenvalue weighted by atomic mass is 19.4. The summed E-state index contributed by atoms with van der Waals surface area (Å²) in [5.41, 5.74) is 2.00. The molecule has 0 fully saturated rings. The number of halogens is 3. The Labute approximate surface area is 240 Å². The van der Waals surface area contributed by atoms with Crippen LogP contribution >= 0.6 is 0 Å². The molecule has 2 N–H and O–H groups in total. The van der Waals surface area contributed by atoms with Crippen LogP contribution in [0.2, 0.25) is 0 Å². The van der Waals surface area contributed by atoms with E-state index in [4.69, 9.17) is 14.2 Å². The van der Waals surface area contributed by atoms with Crippen molar-refractivity contribution in [3.8, 4) is 11.8 Å². The number of carbonyl (C=O) groups is 2. The minimum Gasteiger partial charge on any atom is -0.494 e. The molecule has 5 heterocycles. The second kappa shape index (κ2) is 14.3. The predicted octanol–water partition coefficient (Wildman–Crippen LogP) is 3.99. The van der Waals surface area contributed by atoms with Crippen molar-refractivity contribution in [1.82, 2.24) is 25.2 Å². The number of hydrogen-bond donors (Lipinski definition) is 2. The molecule has 4 aliphatic rings. The molecule has 0 aliphatic carbocycles. The molecule has 2 amide bonds. The molecule has 3 aromatic rings. The summed E-state index contributed by atoms with van der Waals surface area (Å²) in [5, 5.41) is 5.83. The van der Waals surface area contributed by atoms with Crippen LogP contribution in [0.3, 0.4) is 0 Å². The minimum absolute atomic E-state index is 0.0538. The van der Waals surface area contributed by atoms with Gasteiger partial charge >= 0.3 is 18.3 Å². The third-order valence-corrected chi connectivity index (χ3v) is 6.14. The maximum absolute atomic E-state index is 12.8. The first-order valence-corrected chi connectivity index (χ1v) is 13.3. The lowest BCUT2D eigenvalue weighted by atomic mass is 10.1. The Morgan fingerprint density at radius 3 is 2.40 bits per heavy atom. The molecule has 2 aromatic carbocycles. The highest BCUT2D eigenvalue weighted by Gasteiger charge is 2.29. The quantitative estimate of drug-likeness (QED) is 0.457. The van der Waals surface area contributed by atoms with Crippen molar-refractivity contribution >= 4 is 17.9 Å². The number of nitrogens with one attached hydrogen (secondary N) is 2. The summed E-state index contributed by atoms with van der Waals surface area (Å²) >= 11 is 0. The lowest BCUT2D eigenvalue weighted by molar-refractivity contribution is -0.154. The van der Waals surface area contributed by atoms with Gasteiger partial charge in [0, 0.05) is 38.2 Å². The standard InChI is InChI=1S/C28H31F3N6O5/c1-40-27(39)37-13-2-12-32-24(38)21-8-4-19(5-9-21)16-23-34-25(36-26(35-23)42-18-28(29,30)31)33-17-20-6-10-22(11-7-20)41-15-3-14-37/h4-11H,2-3,12-18H2,1H3,(H,32,38)(H,33,34,35,36). The van der Waals surface area contributed by atoms with Gasteiger partial charge in [0.15, 0.2) is 6.61 Å². The number of ether oxygens (including phenoxy) is 3. The lowest BCUT2D eigenvalue weighted by Crippen LogP contribution is -2.35. The largest absolute Gasteiger partial charge is 0.494 e. The highest BCUT2D eigenvalue weighted by molar-refractivity contribution is 5.94. The van der Waals surface area contributed by atoms with Crippen LogP contribution in [0.1, 0.15) is 40.2 Å². The van der Waals surface area contributed by atoms with E-state index in [2.05, 4.69) is 25.6 Å². The zero-order valence-corrected chi connectivity index (χ0v) is 22.9. The van der Waals surface area contributed by atoms with E-state index in [-0.39, 0.29) is 30.6 Å². The molecule has 0 saturated carbocycles. The number of carbonyl (C=O) groups excluding carboxylic acids is 2. The molecular formula is C28H31F3N6O5. The van der Waals surface area contributed by atoms with Gasteiger partial charge in [0.05, 0.1) is 13.7 Å². The smallest absolute Gasteiger partial charge is 0.422 e. The summed E-state index contributed by atoms with van der Waals surface area (Å²) in [6.45, 7) is 0.273. The second-order valence-corrected chi connectivity index (χ2v) is 9.40. The number of nitrogens with zero attached hydrogens (tertiary/aromatic N) is 4. The Hall–Kier alpha value is -4.62. The number of alkyl halides is 3. The van der Waals surface area contributed by atoms with Gasteiger partial charge in [-0.1, -0.05) is 24.3 Å². The molecule has 1 aromatic heterocycles. The van der Waals surface area contributed by atoms with E-state index in [9.17, 15) is 22.8 Å². The van der Waals surface area contributed by atoms with Gasteiger partial charge in [0.1, 0.15) is 11.6 Å². The molecule has 0 atom stereocenters.